The number of benzene rings is 1. The Bertz CT molecular complexity index is 762. The number of piperidine rings is 1. The van der Waals surface area contributed by atoms with Crippen molar-refractivity contribution in [3.63, 3.8) is 0 Å². The number of hydrogen-bond acceptors (Lipinski definition) is 2. The molecule has 0 N–H and O–H groups in total. The predicted molar refractivity (Wildman–Crippen MR) is 90.9 cm³/mol. The lowest BCUT2D eigenvalue weighted by atomic mass is 9.79. The van der Waals surface area contributed by atoms with Gasteiger partial charge in [-0.1, -0.05) is 17.7 Å². The van der Waals surface area contributed by atoms with Crippen LogP contribution in [0.15, 0.2) is 24.3 Å². The van der Waals surface area contributed by atoms with E-state index in [2.05, 4.69) is 0 Å². The van der Waals surface area contributed by atoms with Gasteiger partial charge in [0, 0.05) is 48.1 Å². The highest BCUT2D eigenvalue weighted by Gasteiger charge is 2.40. The average Bonchev–Trinajstić information content (AvgIpc) is 3.12. The SMILES string of the molecule is Cn1c(C(=O)N2CCCC3(CCOC3)C2)cc2ccc(Cl)cc21. The van der Waals surface area contributed by atoms with Crippen molar-refractivity contribution < 1.29 is 9.53 Å². The van der Waals surface area contributed by atoms with Crippen LogP contribution in [-0.2, 0) is 11.8 Å². The molecule has 0 aliphatic carbocycles. The molecule has 2 aromatic rings. The van der Waals surface area contributed by atoms with E-state index in [9.17, 15) is 4.79 Å². The summed E-state index contributed by atoms with van der Waals surface area (Å²) in [7, 11) is 1.93. The number of hydrogen-bond donors (Lipinski definition) is 0. The van der Waals surface area contributed by atoms with E-state index in [0.29, 0.717) is 5.02 Å². The predicted octanol–water partition coefficient (Wildman–Crippen LogP) is 3.47. The molecule has 1 spiro atoms. The molecule has 5 heteroatoms. The first kappa shape index (κ1) is 15.0. The maximum absolute atomic E-state index is 13.0. The van der Waals surface area contributed by atoms with Crippen LogP contribution < -0.4 is 0 Å². The summed E-state index contributed by atoms with van der Waals surface area (Å²) in [4.78, 5) is 15.1. The van der Waals surface area contributed by atoms with Crippen molar-refractivity contribution in [2.75, 3.05) is 26.3 Å². The molecule has 4 nitrogen and oxygen atoms in total. The van der Waals surface area contributed by atoms with E-state index in [1.807, 2.05) is 40.8 Å². The number of rotatable bonds is 1. The Morgan fingerprint density at radius 1 is 1.30 bits per heavy atom. The van der Waals surface area contributed by atoms with Crippen LogP contribution in [0.25, 0.3) is 10.9 Å². The topological polar surface area (TPSA) is 34.5 Å². The fourth-order valence-corrected chi connectivity index (χ4v) is 4.19. The highest BCUT2D eigenvalue weighted by molar-refractivity contribution is 6.31. The number of nitrogens with zero attached hydrogens (tertiary/aromatic N) is 2. The molecule has 2 fully saturated rings. The molecule has 2 aliphatic rings. The third-order valence-electron chi connectivity index (χ3n) is 5.36. The zero-order chi connectivity index (χ0) is 16.0. The van der Waals surface area contributed by atoms with Crippen molar-refractivity contribution in [3.05, 3.63) is 35.0 Å². The lowest BCUT2D eigenvalue weighted by molar-refractivity contribution is 0.0455. The van der Waals surface area contributed by atoms with Gasteiger partial charge in [0.05, 0.1) is 6.61 Å². The van der Waals surface area contributed by atoms with Gasteiger partial charge in [-0.15, -0.1) is 0 Å². The Kier molecular flexibility index (Phi) is 3.62. The molecular weight excluding hydrogens is 312 g/mol. The first-order valence-electron chi connectivity index (χ1n) is 8.20. The number of carbonyl (C=O) groups is 1. The summed E-state index contributed by atoms with van der Waals surface area (Å²) < 4.78 is 7.55. The van der Waals surface area contributed by atoms with E-state index in [0.717, 1.165) is 55.7 Å². The van der Waals surface area contributed by atoms with Gasteiger partial charge in [0.25, 0.3) is 5.91 Å². The van der Waals surface area contributed by atoms with Crippen molar-refractivity contribution in [1.82, 2.24) is 9.47 Å². The molecule has 4 rings (SSSR count). The molecule has 3 heterocycles. The fraction of sp³-hybridized carbons (Fsp3) is 0.500. The Morgan fingerprint density at radius 3 is 2.96 bits per heavy atom. The molecular formula is C18H21ClN2O2. The van der Waals surface area contributed by atoms with Crippen LogP contribution in [0, 0.1) is 5.41 Å². The molecule has 1 atom stereocenters. The normalized spacial score (nSPS) is 24.7. The van der Waals surface area contributed by atoms with Crippen LogP contribution >= 0.6 is 11.6 Å². The van der Waals surface area contributed by atoms with E-state index in [-0.39, 0.29) is 11.3 Å². The van der Waals surface area contributed by atoms with Gasteiger partial charge in [0.1, 0.15) is 5.69 Å². The average molecular weight is 333 g/mol. The van der Waals surface area contributed by atoms with E-state index >= 15 is 0 Å². The van der Waals surface area contributed by atoms with Gasteiger partial charge in [0.2, 0.25) is 0 Å². The Morgan fingerprint density at radius 2 is 2.17 bits per heavy atom. The number of fused-ring (bicyclic) bond motifs is 1. The standard InChI is InChI=1S/C18H21ClN2O2/c1-20-15-10-14(19)4-3-13(15)9-16(20)17(22)21-7-2-5-18(11-21)6-8-23-12-18/h3-4,9-10H,2,5-8,11-12H2,1H3. The minimum atomic E-state index is 0.116. The zero-order valence-corrected chi connectivity index (χ0v) is 14.1. The number of likely N-dealkylation sites (tertiary alicyclic amines) is 1. The molecule has 1 unspecified atom stereocenters. The molecule has 1 aromatic carbocycles. The van der Waals surface area contributed by atoms with Crippen LogP contribution in [0.1, 0.15) is 29.8 Å². The summed E-state index contributed by atoms with van der Waals surface area (Å²) in [5.74, 6) is 0.116. The van der Waals surface area contributed by atoms with Gasteiger partial charge in [0.15, 0.2) is 0 Å². The summed E-state index contributed by atoms with van der Waals surface area (Å²) in [5.41, 5.74) is 1.91. The van der Waals surface area contributed by atoms with Crippen LogP contribution in [0.2, 0.25) is 5.02 Å². The van der Waals surface area contributed by atoms with Crippen LogP contribution in [0.5, 0.6) is 0 Å². The maximum Gasteiger partial charge on any atom is 0.270 e. The molecule has 23 heavy (non-hydrogen) atoms. The first-order valence-corrected chi connectivity index (χ1v) is 8.58. The first-order chi connectivity index (χ1) is 11.1. The second-order valence-electron chi connectivity index (χ2n) is 6.92. The number of aromatic nitrogens is 1. The number of carbonyl (C=O) groups excluding carboxylic acids is 1. The van der Waals surface area contributed by atoms with Crippen LogP contribution in [0.3, 0.4) is 0 Å². The van der Waals surface area contributed by atoms with Gasteiger partial charge in [-0.2, -0.15) is 0 Å². The largest absolute Gasteiger partial charge is 0.381 e. The van der Waals surface area contributed by atoms with Gasteiger partial charge < -0.3 is 14.2 Å². The van der Waals surface area contributed by atoms with Gasteiger partial charge >= 0.3 is 0 Å². The van der Waals surface area contributed by atoms with Crippen LogP contribution in [-0.4, -0.2) is 41.7 Å². The van der Waals surface area contributed by atoms with Gasteiger partial charge in [-0.3, -0.25) is 4.79 Å². The maximum atomic E-state index is 13.0. The minimum Gasteiger partial charge on any atom is -0.381 e. The van der Waals surface area contributed by atoms with Crippen molar-refractivity contribution in [2.45, 2.75) is 19.3 Å². The van der Waals surface area contributed by atoms with Crippen molar-refractivity contribution >= 4 is 28.4 Å². The summed E-state index contributed by atoms with van der Waals surface area (Å²) in [6, 6.07) is 7.72. The summed E-state index contributed by atoms with van der Waals surface area (Å²) in [5, 5.41) is 1.74. The molecule has 1 amide bonds. The van der Waals surface area contributed by atoms with E-state index in [4.69, 9.17) is 16.3 Å². The summed E-state index contributed by atoms with van der Waals surface area (Å²) in [6.45, 7) is 3.27. The second kappa shape index (κ2) is 5.53. The highest BCUT2D eigenvalue weighted by Crippen LogP contribution is 2.38. The number of ether oxygens (including phenoxy) is 1. The lowest BCUT2D eigenvalue weighted by Gasteiger charge is -2.39. The number of halogens is 1. The number of aryl methyl sites for hydroxylation is 1. The summed E-state index contributed by atoms with van der Waals surface area (Å²) in [6.07, 6.45) is 3.30. The number of amides is 1. The quantitative estimate of drug-likeness (QED) is 0.801. The molecule has 122 valence electrons. The monoisotopic (exact) mass is 332 g/mol. The molecule has 0 bridgehead atoms. The van der Waals surface area contributed by atoms with Crippen molar-refractivity contribution in [3.8, 4) is 0 Å². The van der Waals surface area contributed by atoms with Gasteiger partial charge in [-0.25, -0.2) is 0 Å². The molecule has 0 saturated carbocycles. The third kappa shape index (κ3) is 2.54. The van der Waals surface area contributed by atoms with Crippen molar-refractivity contribution in [2.24, 2.45) is 12.5 Å². The van der Waals surface area contributed by atoms with E-state index in [1.54, 1.807) is 0 Å². The van der Waals surface area contributed by atoms with Crippen LogP contribution in [0.4, 0.5) is 0 Å². The lowest BCUT2D eigenvalue weighted by Crippen LogP contribution is -2.46. The highest BCUT2D eigenvalue weighted by atomic mass is 35.5. The van der Waals surface area contributed by atoms with Crippen molar-refractivity contribution in [1.29, 1.82) is 0 Å². The van der Waals surface area contributed by atoms with E-state index in [1.165, 1.54) is 6.42 Å². The van der Waals surface area contributed by atoms with Gasteiger partial charge in [-0.05, 0) is 37.5 Å². The smallest absolute Gasteiger partial charge is 0.270 e. The van der Waals surface area contributed by atoms with E-state index < -0.39 is 0 Å². The fourth-order valence-electron chi connectivity index (χ4n) is 4.02. The molecule has 2 aliphatic heterocycles. The Labute approximate surface area is 141 Å². The molecule has 0 radical (unpaired) electrons. The molecule has 1 aromatic heterocycles. The second-order valence-corrected chi connectivity index (χ2v) is 7.36. The molecule has 2 saturated heterocycles. The zero-order valence-electron chi connectivity index (χ0n) is 13.3. The third-order valence-corrected chi connectivity index (χ3v) is 5.60. The Hall–Kier alpha value is -1.52. The summed E-state index contributed by atoms with van der Waals surface area (Å²) >= 11 is 6.09. The minimum absolute atomic E-state index is 0.116. The Balaban J connectivity index is 1.65.